The zero-order valence-electron chi connectivity index (χ0n) is 36.6. The number of rotatable bonds is 4. The van der Waals surface area contributed by atoms with Crippen molar-refractivity contribution in [2.75, 3.05) is 0 Å². The predicted molar refractivity (Wildman–Crippen MR) is 259 cm³/mol. The van der Waals surface area contributed by atoms with Crippen LogP contribution in [-0.2, 0) is 21.1 Å². The Kier molecular flexibility index (Phi) is 8.56. The molecule has 67 heavy (non-hydrogen) atoms. The van der Waals surface area contributed by atoms with Crippen molar-refractivity contribution in [2.24, 2.45) is 21.1 Å². The fraction of sp³-hybridized carbons (Fsp3) is 0.0545. The quantitative estimate of drug-likeness (QED) is 0.169. The minimum absolute atomic E-state index is 0.528. The molecule has 0 saturated heterocycles. The van der Waals surface area contributed by atoms with Crippen molar-refractivity contribution >= 4 is 44.1 Å². The summed E-state index contributed by atoms with van der Waals surface area (Å²) in [5.74, 6) is 2.13. The normalized spacial score (nSPS) is 11.8. The Balaban J connectivity index is 1.21. The van der Waals surface area contributed by atoms with Gasteiger partial charge in [0.15, 0.2) is 60.5 Å². The van der Waals surface area contributed by atoms with Gasteiger partial charge in [0.1, 0.15) is 43.7 Å². The zero-order valence-corrected chi connectivity index (χ0v) is 36.6. The number of nitrogens with one attached hydrogen (secondary N) is 2. The summed E-state index contributed by atoms with van der Waals surface area (Å²) in [6, 6.07) is 41.8. The van der Waals surface area contributed by atoms with Crippen LogP contribution < -0.4 is 13.7 Å². The number of H-pyrrole nitrogens is 2. The number of aromatic amines is 2. The number of hydrogen-bond donors (Lipinski definition) is 2. The summed E-state index contributed by atoms with van der Waals surface area (Å²) in [7, 11) is 6.06. The molecular formula is C55H39N12+3. The van der Waals surface area contributed by atoms with E-state index in [-0.39, 0.29) is 0 Å². The van der Waals surface area contributed by atoms with E-state index in [9.17, 15) is 0 Å². The summed E-state index contributed by atoms with van der Waals surface area (Å²) in [5.41, 5.74) is 14.1. The monoisotopic (exact) mass is 867 g/mol. The zero-order chi connectivity index (χ0) is 44.8. The standard InChI is InChI=1S/C55H38N12/c1-65-26-18-33(19-27-65)37-9-5-13-41-45(37)54-60-49(41)58-52-44-36(32-16-24-56-25-17-32)8-4-12-40(44)48(57-52)59-53-46-38(34-20-28-66(2)29-21-34)10-6-14-42(46)50(61-53)63-55-47-39(35-22-30-67(3)31-23-35)11-7-15-43(47)51(62-54)64-55/h4-31H,1-3H3,(H,57,58,59,60,61,62,63,64)/q+2/p+1. The fourth-order valence-corrected chi connectivity index (χ4v) is 9.52. The lowest BCUT2D eigenvalue weighted by atomic mass is 9.96. The van der Waals surface area contributed by atoms with E-state index in [0.717, 1.165) is 88.3 Å². The fourth-order valence-electron chi connectivity index (χ4n) is 9.52. The van der Waals surface area contributed by atoms with Gasteiger partial charge < -0.3 is 9.97 Å². The van der Waals surface area contributed by atoms with Gasteiger partial charge in [-0.25, -0.2) is 43.6 Å². The predicted octanol–water partition coefficient (Wildman–Crippen LogP) is 9.41. The van der Waals surface area contributed by atoms with Gasteiger partial charge >= 0.3 is 0 Å². The number of fused-ring (bicyclic) bond motifs is 20. The highest BCUT2D eigenvalue weighted by Crippen LogP contribution is 2.44. The number of pyridine rings is 4. The van der Waals surface area contributed by atoms with Gasteiger partial charge in [-0.3, -0.25) is 4.98 Å². The maximum atomic E-state index is 5.48. The van der Waals surface area contributed by atoms with Crippen molar-refractivity contribution in [1.29, 1.82) is 0 Å². The molecule has 8 bridgehead atoms. The van der Waals surface area contributed by atoms with Crippen LogP contribution in [0.5, 0.6) is 0 Å². The number of hydrogen-bond acceptors (Lipinski definition) is 7. The number of aryl methyl sites for hydroxylation is 3. The van der Waals surface area contributed by atoms with Crippen LogP contribution in [0, 0.1) is 0 Å². The summed E-state index contributed by atoms with van der Waals surface area (Å²) >= 11 is 0. The minimum atomic E-state index is 0.528. The van der Waals surface area contributed by atoms with E-state index in [0.29, 0.717) is 45.9 Å². The highest BCUT2D eigenvalue weighted by Gasteiger charge is 2.27. The molecule has 0 aliphatic carbocycles. The molecule has 2 aliphatic heterocycles. The van der Waals surface area contributed by atoms with Gasteiger partial charge in [-0.2, -0.15) is 0 Å². The van der Waals surface area contributed by atoms with Crippen LogP contribution in [0.25, 0.3) is 134 Å². The molecule has 4 aromatic carbocycles. The molecule has 13 rings (SSSR count). The van der Waals surface area contributed by atoms with Crippen LogP contribution in [0.2, 0.25) is 0 Å². The van der Waals surface area contributed by atoms with E-state index in [1.54, 1.807) is 0 Å². The van der Waals surface area contributed by atoms with E-state index in [2.05, 4.69) is 161 Å². The Morgan fingerprint density at radius 2 is 0.672 bits per heavy atom. The molecule has 2 N–H and O–H groups in total. The van der Waals surface area contributed by atoms with Crippen molar-refractivity contribution in [3.8, 4) is 90.1 Å². The third kappa shape index (κ3) is 6.29. The van der Waals surface area contributed by atoms with Crippen LogP contribution in [0.15, 0.2) is 171 Å². The molecule has 9 heterocycles. The second-order valence-electron chi connectivity index (χ2n) is 17.0. The lowest BCUT2D eigenvalue weighted by Crippen LogP contribution is -2.25. The van der Waals surface area contributed by atoms with Crippen molar-refractivity contribution in [3.05, 3.63) is 171 Å². The minimum Gasteiger partial charge on any atom is -0.324 e. The van der Waals surface area contributed by atoms with E-state index in [1.807, 2.05) is 59.4 Å². The second kappa shape index (κ2) is 15.0. The Hall–Kier alpha value is -9.16. The molecule has 2 aliphatic rings. The SMILES string of the molecule is C[n+]1ccc(-c2cccc3c2-c2nc-3nc3[nH]c(nc4nc(nc5[nH]c(n2)c2cccc(-c6ccncc6)c52)-c2cccc(-c5cc[n+](C)cc5)c2-4)c2cccc(-c4cc[n+](C)cc4)c32)cc1. The first-order chi connectivity index (χ1) is 32.9. The molecule has 0 amide bonds. The average molecular weight is 868 g/mol. The summed E-state index contributed by atoms with van der Waals surface area (Å²) in [6.07, 6.45) is 15.9. The highest BCUT2D eigenvalue weighted by atomic mass is 15.1. The van der Waals surface area contributed by atoms with Gasteiger partial charge in [-0.1, -0.05) is 72.8 Å². The van der Waals surface area contributed by atoms with Crippen LogP contribution in [-0.4, -0.2) is 44.9 Å². The third-order valence-corrected chi connectivity index (χ3v) is 12.8. The first kappa shape index (κ1) is 38.3. The van der Waals surface area contributed by atoms with Gasteiger partial charge in [0.25, 0.3) is 0 Å². The van der Waals surface area contributed by atoms with Gasteiger partial charge in [-0.05, 0) is 56.6 Å². The molecule has 0 fully saturated rings. The van der Waals surface area contributed by atoms with Crippen LogP contribution in [0.3, 0.4) is 0 Å². The molecule has 12 nitrogen and oxygen atoms in total. The molecule has 316 valence electrons. The van der Waals surface area contributed by atoms with Crippen molar-refractivity contribution in [3.63, 3.8) is 0 Å². The van der Waals surface area contributed by atoms with Gasteiger partial charge in [0.2, 0.25) is 0 Å². The van der Waals surface area contributed by atoms with E-state index in [1.165, 1.54) is 0 Å². The number of aromatic nitrogens is 12. The third-order valence-electron chi connectivity index (χ3n) is 12.8. The van der Waals surface area contributed by atoms with Crippen molar-refractivity contribution < 1.29 is 13.7 Å². The number of benzene rings is 4. The lowest BCUT2D eigenvalue weighted by molar-refractivity contribution is -0.671. The molecule has 0 unspecified atom stereocenters. The van der Waals surface area contributed by atoms with E-state index < -0.39 is 0 Å². The molecule has 0 saturated carbocycles. The largest absolute Gasteiger partial charge is 0.324 e. The number of nitrogens with zero attached hydrogens (tertiary/aromatic N) is 10. The maximum absolute atomic E-state index is 5.48. The topological polar surface area (TPSA) is 133 Å². The molecular weight excluding hydrogens is 829 g/mol. The summed E-state index contributed by atoms with van der Waals surface area (Å²) < 4.78 is 6.09. The Morgan fingerprint density at radius 1 is 0.328 bits per heavy atom. The highest BCUT2D eigenvalue weighted by molar-refractivity contribution is 6.14. The second-order valence-corrected chi connectivity index (χ2v) is 17.0. The molecule has 7 aromatic heterocycles. The average Bonchev–Trinajstić information content (AvgIpc) is 4.11. The summed E-state index contributed by atoms with van der Waals surface area (Å²) in [4.78, 5) is 44.3. The summed E-state index contributed by atoms with van der Waals surface area (Å²) in [5, 5.41) is 3.60. The van der Waals surface area contributed by atoms with Crippen LogP contribution in [0.4, 0.5) is 0 Å². The first-order valence-corrected chi connectivity index (χ1v) is 22.0. The van der Waals surface area contributed by atoms with Crippen molar-refractivity contribution in [1.82, 2.24) is 44.9 Å². The van der Waals surface area contributed by atoms with Crippen LogP contribution >= 0.6 is 0 Å². The summed E-state index contributed by atoms with van der Waals surface area (Å²) in [6.45, 7) is 0. The Bertz CT molecular complexity index is 3940. The van der Waals surface area contributed by atoms with Gasteiger partial charge in [0.05, 0.1) is 0 Å². The molecule has 0 radical (unpaired) electrons. The van der Waals surface area contributed by atoms with Gasteiger partial charge in [0, 0.05) is 92.6 Å². The molecule has 0 spiro atoms. The van der Waals surface area contributed by atoms with Gasteiger partial charge in [-0.15, -0.1) is 0 Å². The van der Waals surface area contributed by atoms with Crippen molar-refractivity contribution in [2.45, 2.75) is 0 Å². The lowest BCUT2D eigenvalue weighted by Gasteiger charge is -2.07. The Morgan fingerprint density at radius 3 is 1.10 bits per heavy atom. The molecule has 0 atom stereocenters. The van der Waals surface area contributed by atoms with E-state index in [4.69, 9.17) is 29.9 Å². The maximum Gasteiger partial charge on any atom is 0.169 e. The first-order valence-electron chi connectivity index (χ1n) is 22.0. The Labute approximate surface area is 383 Å². The smallest absolute Gasteiger partial charge is 0.169 e. The van der Waals surface area contributed by atoms with Crippen LogP contribution in [0.1, 0.15) is 0 Å². The molecule has 11 aromatic rings. The van der Waals surface area contributed by atoms with E-state index >= 15 is 0 Å². The molecule has 12 heteroatoms.